The number of hydrogen-bond donors (Lipinski definition) is 1. The Bertz CT molecular complexity index is 787. The molecule has 0 amide bonds. The summed E-state index contributed by atoms with van der Waals surface area (Å²) in [5.41, 5.74) is 2.16. The van der Waals surface area contributed by atoms with E-state index in [0.717, 1.165) is 5.56 Å². The summed E-state index contributed by atoms with van der Waals surface area (Å²) < 4.78 is 5.71. The zero-order valence-electron chi connectivity index (χ0n) is 9.23. The van der Waals surface area contributed by atoms with Crippen LogP contribution in [0.2, 0.25) is 0 Å². The predicted molar refractivity (Wildman–Crippen MR) is 72.0 cm³/mol. The number of rotatable bonds is 0. The number of benzene rings is 2. The van der Waals surface area contributed by atoms with Crippen LogP contribution in [0.1, 0.15) is 5.56 Å². The number of fused-ring (bicyclic) bond motifs is 2. The van der Waals surface area contributed by atoms with Gasteiger partial charge in [0, 0.05) is 4.90 Å². The molecule has 0 aliphatic carbocycles. The van der Waals surface area contributed by atoms with Gasteiger partial charge in [0.15, 0.2) is 0 Å². The third kappa shape index (κ3) is 1.46. The van der Waals surface area contributed by atoms with Crippen LogP contribution in [0.25, 0.3) is 21.9 Å². The predicted octanol–water partition coefficient (Wildman–Crippen LogP) is 3.54. The van der Waals surface area contributed by atoms with E-state index >= 15 is 0 Å². The highest BCUT2D eigenvalue weighted by Crippen LogP contribution is 2.25. The summed E-state index contributed by atoms with van der Waals surface area (Å²) in [6.45, 7) is 1.93. The Kier molecular flexibility index (Phi) is 2.23. The van der Waals surface area contributed by atoms with Gasteiger partial charge in [0.2, 0.25) is 5.43 Å². The molecule has 84 valence electrons. The summed E-state index contributed by atoms with van der Waals surface area (Å²) in [5.74, 6) is 0. The maximum atomic E-state index is 12.4. The van der Waals surface area contributed by atoms with Crippen LogP contribution in [0.5, 0.6) is 0 Å². The minimum absolute atomic E-state index is 0.0180. The van der Waals surface area contributed by atoms with Crippen LogP contribution in [0.4, 0.5) is 0 Å². The van der Waals surface area contributed by atoms with Crippen molar-refractivity contribution in [2.24, 2.45) is 0 Å². The first-order valence-corrected chi connectivity index (χ1v) is 5.77. The first-order valence-electron chi connectivity index (χ1n) is 5.32. The van der Waals surface area contributed by atoms with Crippen molar-refractivity contribution in [1.82, 2.24) is 0 Å². The van der Waals surface area contributed by atoms with Crippen LogP contribution in [-0.2, 0) is 0 Å². The molecule has 1 aromatic heterocycles. The van der Waals surface area contributed by atoms with Crippen LogP contribution in [-0.4, -0.2) is 0 Å². The molecule has 0 fully saturated rings. The smallest absolute Gasteiger partial charge is 0.201 e. The molecular weight excluding hydrogens is 232 g/mol. The van der Waals surface area contributed by atoms with E-state index in [-0.39, 0.29) is 5.43 Å². The minimum atomic E-state index is -0.0180. The van der Waals surface area contributed by atoms with E-state index in [1.807, 2.05) is 31.2 Å². The van der Waals surface area contributed by atoms with Crippen LogP contribution in [0.15, 0.2) is 50.5 Å². The van der Waals surface area contributed by atoms with Crippen molar-refractivity contribution in [1.29, 1.82) is 0 Å². The Labute approximate surface area is 103 Å². The molecule has 2 nitrogen and oxygen atoms in total. The minimum Gasteiger partial charge on any atom is -0.456 e. The van der Waals surface area contributed by atoms with Gasteiger partial charge in [-0.3, -0.25) is 4.79 Å². The van der Waals surface area contributed by atoms with E-state index in [0.29, 0.717) is 26.8 Å². The molecule has 1 heterocycles. The zero-order chi connectivity index (χ0) is 12.0. The lowest BCUT2D eigenvalue weighted by Crippen LogP contribution is -2.03. The van der Waals surface area contributed by atoms with Gasteiger partial charge in [-0.15, -0.1) is 12.6 Å². The average Bonchev–Trinajstić information content (AvgIpc) is 2.34. The third-order valence-electron chi connectivity index (χ3n) is 2.92. The summed E-state index contributed by atoms with van der Waals surface area (Å²) in [6, 6.07) is 11.0. The van der Waals surface area contributed by atoms with Crippen molar-refractivity contribution in [3.8, 4) is 0 Å². The van der Waals surface area contributed by atoms with Gasteiger partial charge in [-0.2, -0.15) is 0 Å². The van der Waals surface area contributed by atoms with Crippen molar-refractivity contribution < 1.29 is 4.42 Å². The largest absolute Gasteiger partial charge is 0.456 e. The zero-order valence-corrected chi connectivity index (χ0v) is 10.1. The molecule has 0 aliphatic heterocycles. The lowest BCUT2D eigenvalue weighted by molar-refractivity contribution is 0.659. The van der Waals surface area contributed by atoms with Crippen LogP contribution in [0, 0.1) is 6.92 Å². The monoisotopic (exact) mass is 242 g/mol. The molecule has 3 heteroatoms. The molecule has 0 unspecified atom stereocenters. The molecule has 0 saturated carbocycles. The van der Waals surface area contributed by atoms with E-state index in [1.54, 1.807) is 12.1 Å². The maximum Gasteiger partial charge on any atom is 0.201 e. The Morgan fingerprint density at radius 1 is 1.06 bits per heavy atom. The molecule has 0 aliphatic rings. The van der Waals surface area contributed by atoms with Gasteiger partial charge in [0.25, 0.3) is 0 Å². The van der Waals surface area contributed by atoms with Gasteiger partial charge in [-0.05, 0) is 30.7 Å². The van der Waals surface area contributed by atoms with Gasteiger partial charge in [-0.25, -0.2) is 0 Å². The first-order chi connectivity index (χ1) is 8.18. The van der Waals surface area contributed by atoms with Crippen LogP contribution in [0.3, 0.4) is 0 Å². The van der Waals surface area contributed by atoms with Gasteiger partial charge in [0.1, 0.15) is 11.2 Å². The fourth-order valence-electron chi connectivity index (χ4n) is 1.98. The highest BCUT2D eigenvalue weighted by atomic mass is 32.1. The Morgan fingerprint density at radius 2 is 1.82 bits per heavy atom. The highest BCUT2D eigenvalue weighted by molar-refractivity contribution is 7.80. The molecular formula is C14H10O2S. The van der Waals surface area contributed by atoms with Crippen molar-refractivity contribution in [3.05, 3.63) is 52.2 Å². The topological polar surface area (TPSA) is 30.2 Å². The number of aryl methyl sites for hydroxylation is 1. The van der Waals surface area contributed by atoms with Gasteiger partial charge >= 0.3 is 0 Å². The highest BCUT2D eigenvalue weighted by Gasteiger charge is 2.10. The van der Waals surface area contributed by atoms with Crippen molar-refractivity contribution >= 4 is 34.6 Å². The second kappa shape index (κ2) is 3.64. The quantitative estimate of drug-likeness (QED) is 0.482. The normalized spacial score (nSPS) is 11.2. The molecule has 0 radical (unpaired) electrons. The maximum absolute atomic E-state index is 12.4. The van der Waals surface area contributed by atoms with E-state index < -0.39 is 0 Å². The second-order valence-electron chi connectivity index (χ2n) is 4.03. The number of para-hydroxylation sites is 1. The second-order valence-corrected chi connectivity index (χ2v) is 4.48. The van der Waals surface area contributed by atoms with Gasteiger partial charge in [-0.1, -0.05) is 18.2 Å². The summed E-state index contributed by atoms with van der Waals surface area (Å²) >= 11 is 4.40. The fourth-order valence-corrected chi connectivity index (χ4v) is 2.26. The number of hydrogen-bond acceptors (Lipinski definition) is 3. The summed E-state index contributed by atoms with van der Waals surface area (Å²) in [7, 11) is 0. The van der Waals surface area contributed by atoms with E-state index in [1.165, 1.54) is 0 Å². The molecule has 0 bridgehead atoms. The molecule has 2 aromatic carbocycles. The summed E-state index contributed by atoms with van der Waals surface area (Å²) in [6.07, 6.45) is 0. The van der Waals surface area contributed by atoms with Gasteiger partial charge < -0.3 is 4.42 Å². The fraction of sp³-hybridized carbons (Fsp3) is 0.0714. The standard InChI is InChI=1S/C14H10O2S/c1-8-6-7-11-12(14(8)17)13(15)9-4-2-3-5-10(9)16-11/h2-7,17H,1H3. The molecule has 0 atom stereocenters. The Hall–Kier alpha value is -1.74. The molecule has 3 rings (SSSR count). The van der Waals surface area contributed by atoms with Crippen LogP contribution >= 0.6 is 12.6 Å². The lowest BCUT2D eigenvalue weighted by atomic mass is 10.1. The molecule has 3 aromatic rings. The molecule has 0 saturated heterocycles. The molecule has 0 spiro atoms. The number of thiol groups is 1. The van der Waals surface area contributed by atoms with E-state index in [2.05, 4.69) is 12.6 Å². The van der Waals surface area contributed by atoms with Crippen LogP contribution < -0.4 is 5.43 Å². The van der Waals surface area contributed by atoms with Crippen molar-refractivity contribution in [3.63, 3.8) is 0 Å². The summed E-state index contributed by atoms with van der Waals surface area (Å²) in [4.78, 5) is 13.0. The van der Waals surface area contributed by atoms with Crippen molar-refractivity contribution in [2.45, 2.75) is 11.8 Å². The lowest BCUT2D eigenvalue weighted by Gasteiger charge is -2.05. The molecule has 0 N–H and O–H groups in total. The SMILES string of the molecule is Cc1ccc2oc3ccccc3c(=O)c2c1S. The molecule has 17 heavy (non-hydrogen) atoms. The first kappa shape index (κ1) is 10.4. The van der Waals surface area contributed by atoms with Crippen molar-refractivity contribution in [2.75, 3.05) is 0 Å². The van der Waals surface area contributed by atoms with E-state index in [9.17, 15) is 4.79 Å². The summed E-state index contributed by atoms with van der Waals surface area (Å²) in [5, 5.41) is 1.16. The Morgan fingerprint density at radius 3 is 2.65 bits per heavy atom. The van der Waals surface area contributed by atoms with Gasteiger partial charge in [0.05, 0.1) is 10.8 Å². The average molecular weight is 242 g/mol. The Balaban J connectivity index is 2.66. The van der Waals surface area contributed by atoms with E-state index in [4.69, 9.17) is 4.42 Å². The third-order valence-corrected chi connectivity index (χ3v) is 3.50.